The van der Waals surface area contributed by atoms with Crippen LogP contribution >= 0.6 is 0 Å². The predicted molar refractivity (Wildman–Crippen MR) is 98.4 cm³/mol. The van der Waals surface area contributed by atoms with E-state index in [1.54, 1.807) is 6.20 Å². The van der Waals surface area contributed by atoms with E-state index >= 15 is 0 Å². The third-order valence-electron chi connectivity index (χ3n) is 4.40. The molecule has 0 radical (unpaired) electrons. The Labute approximate surface area is 151 Å². The van der Waals surface area contributed by atoms with Gasteiger partial charge in [0.2, 0.25) is 0 Å². The molecule has 0 saturated carbocycles. The Morgan fingerprint density at radius 1 is 1.40 bits per heavy atom. The van der Waals surface area contributed by atoms with E-state index in [-0.39, 0.29) is 12.2 Å². The van der Waals surface area contributed by atoms with Crippen LogP contribution in [0.5, 0.6) is 0 Å². The largest absolute Gasteiger partial charge is 0.444 e. The Hall–Kier alpha value is -1.62. The van der Waals surface area contributed by atoms with Gasteiger partial charge in [-0.3, -0.25) is 4.98 Å². The van der Waals surface area contributed by atoms with Crippen LogP contribution in [0.3, 0.4) is 0 Å². The van der Waals surface area contributed by atoms with E-state index in [0.29, 0.717) is 5.92 Å². The molecule has 1 aliphatic rings. The molecule has 0 aromatic carbocycles. The summed E-state index contributed by atoms with van der Waals surface area (Å²) in [5.41, 5.74) is 0.538. The molecular weight excluding hydrogens is 316 g/mol. The Bertz CT molecular complexity index is 527. The maximum Gasteiger partial charge on any atom is 0.410 e. The van der Waals surface area contributed by atoms with Crippen LogP contribution in [0.15, 0.2) is 24.4 Å². The van der Waals surface area contributed by atoms with Crippen LogP contribution in [-0.2, 0) is 9.47 Å². The number of hydrogen-bond donors (Lipinski definition) is 0. The van der Waals surface area contributed by atoms with Gasteiger partial charge in [0, 0.05) is 25.9 Å². The molecule has 0 aliphatic carbocycles. The molecule has 5 nitrogen and oxygen atoms in total. The fraction of sp³-hybridized carbons (Fsp3) is 0.700. The van der Waals surface area contributed by atoms with Gasteiger partial charge >= 0.3 is 6.09 Å². The average Bonchev–Trinajstić information content (AvgIpc) is 2.58. The first-order valence-corrected chi connectivity index (χ1v) is 9.35. The topological polar surface area (TPSA) is 51.7 Å². The number of likely N-dealkylation sites (tertiary alicyclic amines) is 1. The molecule has 0 N–H and O–H groups in total. The molecule has 1 amide bonds. The number of nitrogens with zero attached hydrogens (tertiary/aromatic N) is 2. The monoisotopic (exact) mass is 348 g/mol. The lowest BCUT2D eigenvalue weighted by molar-refractivity contribution is 0.0148. The van der Waals surface area contributed by atoms with Gasteiger partial charge < -0.3 is 14.4 Å². The zero-order valence-electron chi connectivity index (χ0n) is 16.0. The molecule has 2 rings (SSSR count). The molecule has 1 aromatic heterocycles. The summed E-state index contributed by atoms with van der Waals surface area (Å²) in [5, 5.41) is 0. The highest BCUT2D eigenvalue weighted by molar-refractivity contribution is 5.68. The Morgan fingerprint density at radius 2 is 2.20 bits per heavy atom. The van der Waals surface area contributed by atoms with Gasteiger partial charge in [0.15, 0.2) is 0 Å². The van der Waals surface area contributed by atoms with E-state index in [0.717, 1.165) is 44.7 Å². The average molecular weight is 348 g/mol. The molecule has 1 saturated heterocycles. The van der Waals surface area contributed by atoms with Gasteiger partial charge in [-0.25, -0.2) is 4.79 Å². The van der Waals surface area contributed by atoms with Crippen molar-refractivity contribution in [3.05, 3.63) is 30.1 Å². The minimum atomic E-state index is -0.431. The zero-order valence-corrected chi connectivity index (χ0v) is 16.0. The molecule has 0 spiro atoms. The molecule has 5 heteroatoms. The van der Waals surface area contributed by atoms with Crippen LogP contribution in [0.25, 0.3) is 0 Å². The Balaban J connectivity index is 1.68. The highest BCUT2D eigenvalue weighted by Gasteiger charge is 2.27. The van der Waals surface area contributed by atoms with Crippen molar-refractivity contribution in [3.8, 4) is 0 Å². The third-order valence-corrected chi connectivity index (χ3v) is 4.40. The van der Waals surface area contributed by atoms with Crippen molar-refractivity contribution < 1.29 is 14.3 Å². The van der Waals surface area contributed by atoms with Crippen molar-refractivity contribution in [1.29, 1.82) is 0 Å². The minimum Gasteiger partial charge on any atom is -0.444 e. The SMILES string of the molecule is C[C@@H](OCCC[C@H]1CCCN(C(=O)OC(C)(C)C)C1)c1ccccn1. The second kappa shape index (κ2) is 9.18. The number of rotatable bonds is 6. The van der Waals surface area contributed by atoms with Gasteiger partial charge in [-0.1, -0.05) is 6.07 Å². The van der Waals surface area contributed by atoms with E-state index in [2.05, 4.69) is 4.98 Å². The lowest BCUT2D eigenvalue weighted by Gasteiger charge is -2.34. The molecule has 0 bridgehead atoms. The molecule has 2 atom stereocenters. The van der Waals surface area contributed by atoms with Crippen molar-refractivity contribution in [2.24, 2.45) is 5.92 Å². The van der Waals surface area contributed by atoms with Gasteiger partial charge in [-0.2, -0.15) is 0 Å². The third kappa shape index (κ3) is 7.02. The molecule has 2 heterocycles. The standard InChI is InChI=1S/C20H32N2O3/c1-16(18-11-5-6-12-21-18)24-14-8-10-17-9-7-13-22(15-17)19(23)25-20(2,3)4/h5-6,11-12,16-17H,7-10,13-15H2,1-4H3/t16-,17-/m1/s1. The first-order valence-electron chi connectivity index (χ1n) is 9.35. The summed E-state index contributed by atoms with van der Waals surface area (Å²) in [4.78, 5) is 18.4. The molecule has 1 aromatic rings. The van der Waals surface area contributed by atoms with Gasteiger partial charge in [0.1, 0.15) is 5.60 Å². The summed E-state index contributed by atoms with van der Waals surface area (Å²) in [5.74, 6) is 0.537. The number of carbonyl (C=O) groups excluding carboxylic acids is 1. The molecule has 1 fully saturated rings. The quantitative estimate of drug-likeness (QED) is 0.706. The molecule has 25 heavy (non-hydrogen) atoms. The van der Waals surface area contributed by atoms with E-state index in [1.807, 2.05) is 50.8 Å². The van der Waals surface area contributed by atoms with E-state index in [9.17, 15) is 4.79 Å². The lowest BCUT2D eigenvalue weighted by Crippen LogP contribution is -2.42. The van der Waals surface area contributed by atoms with Crippen LogP contribution in [0.4, 0.5) is 4.79 Å². The Kier molecular flexibility index (Phi) is 7.24. The number of carbonyl (C=O) groups is 1. The van der Waals surface area contributed by atoms with Crippen LogP contribution < -0.4 is 0 Å². The number of pyridine rings is 1. The summed E-state index contributed by atoms with van der Waals surface area (Å²) in [6, 6.07) is 5.88. The number of ether oxygens (including phenoxy) is 2. The maximum absolute atomic E-state index is 12.2. The highest BCUT2D eigenvalue weighted by atomic mass is 16.6. The van der Waals surface area contributed by atoms with Gasteiger partial charge in [-0.15, -0.1) is 0 Å². The molecule has 1 aliphatic heterocycles. The smallest absolute Gasteiger partial charge is 0.410 e. The second-order valence-electron chi connectivity index (χ2n) is 7.84. The molecule has 0 unspecified atom stereocenters. The first-order chi connectivity index (χ1) is 11.8. The molecular formula is C20H32N2O3. The van der Waals surface area contributed by atoms with E-state index < -0.39 is 5.60 Å². The summed E-state index contributed by atoms with van der Waals surface area (Å²) in [6.45, 7) is 10.1. The van der Waals surface area contributed by atoms with Crippen LogP contribution in [-0.4, -0.2) is 41.3 Å². The van der Waals surface area contributed by atoms with Gasteiger partial charge in [0.05, 0.1) is 11.8 Å². The summed E-state index contributed by atoms with van der Waals surface area (Å²) >= 11 is 0. The first kappa shape index (κ1) is 19.7. The number of amides is 1. The second-order valence-corrected chi connectivity index (χ2v) is 7.84. The van der Waals surface area contributed by atoms with Gasteiger partial charge in [-0.05, 0) is 71.4 Å². The maximum atomic E-state index is 12.2. The number of aromatic nitrogens is 1. The summed E-state index contributed by atoms with van der Waals surface area (Å²) in [7, 11) is 0. The van der Waals surface area contributed by atoms with Crippen molar-refractivity contribution in [1.82, 2.24) is 9.88 Å². The predicted octanol–water partition coefficient (Wildman–Crippen LogP) is 4.59. The fourth-order valence-corrected chi connectivity index (χ4v) is 3.13. The van der Waals surface area contributed by atoms with Crippen molar-refractivity contribution in [2.75, 3.05) is 19.7 Å². The van der Waals surface area contributed by atoms with Crippen LogP contribution in [0.1, 0.15) is 65.2 Å². The summed E-state index contributed by atoms with van der Waals surface area (Å²) < 4.78 is 11.4. The normalized spacial score (nSPS) is 19.5. The minimum absolute atomic E-state index is 0.0193. The number of hydrogen-bond acceptors (Lipinski definition) is 4. The lowest BCUT2D eigenvalue weighted by atomic mass is 9.94. The van der Waals surface area contributed by atoms with Gasteiger partial charge in [0.25, 0.3) is 0 Å². The zero-order chi connectivity index (χ0) is 18.3. The fourth-order valence-electron chi connectivity index (χ4n) is 3.13. The van der Waals surface area contributed by atoms with Crippen LogP contribution in [0.2, 0.25) is 0 Å². The van der Waals surface area contributed by atoms with E-state index in [4.69, 9.17) is 9.47 Å². The van der Waals surface area contributed by atoms with Crippen molar-refractivity contribution >= 4 is 6.09 Å². The Morgan fingerprint density at radius 3 is 2.88 bits per heavy atom. The molecule has 140 valence electrons. The van der Waals surface area contributed by atoms with E-state index in [1.165, 1.54) is 6.42 Å². The van der Waals surface area contributed by atoms with Crippen molar-refractivity contribution in [2.45, 2.75) is 65.1 Å². The summed E-state index contributed by atoms with van der Waals surface area (Å²) in [6.07, 6.45) is 5.94. The van der Waals surface area contributed by atoms with Crippen molar-refractivity contribution in [3.63, 3.8) is 0 Å². The number of piperidine rings is 1. The highest BCUT2D eigenvalue weighted by Crippen LogP contribution is 2.23. The van der Waals surface area contributed by atoms with Crippen LogP contribution in [0, 0.1) is 5.92 Å².